The Bertz CT molecular complexity index is 500. The van der Waals surface area contributed by atoms with E-state index in [0.717, 1.165) is 19.4 Å². The van der Waals surface area contributed by atoms with Crippen molar-refractivity contribution in [2.45, 2.75) is 25.5 Å². The lowest BCUT2D eigenvalue weighted by molar-refractivity contribution is -0.385. The summed E-state index contributed by atoms with van der Waals surface area (Å²) >= 11 is 0. The van der Waals surface area contributed by atoms with Crippen LogP contribution >= 0.6 is 0 Å². The maximum atomic E-state index is 11.2. The fraction of sp³-hybridized carbons (Fsp3) is 0.571. The molecule has 1 aliphatic rings. The summed E-state index contributed by atoms with van der Waals surface area (Å²) in [6, 6.07) is 3.03. The van der Waals surface area contributed by atoms with Gasteiger partial charge in [0, 0.05) is 25.3 Å². The average molecular weight is 296 g/mol. The first-order valence-electron chi connectivity index (χ1n) is 6.87. The molecule has 1 aromatic rings. The van der Waals surface area contributed by atoms with Crippen LogP contribution in [0.25, 0.3) is 0 Å². The predicted molar refractivity (Wildman–Crippen MR) is 76.9 cm³/mol. The van der Waals surface area contributed by atoms with Gasteiger partial charge in [-0.25, -0.2) is 0 Å². The van der Waals surface area contributed by atoms with Gasteiger partial charge in [0.25, 0.3) is 5.69 Å². The molecule has 116 valence electrons. The Balaban J connectivity index is 2.10. The number of nitro groups is 1. The van der Waals surface area contributed by atoms with Crippen molar-refractivity contribution < 1.29 is 19.1 Å². The fourth-order valence-corrected chi connectivity index (χ4v) is 2.40. The molecule has 0 aromatic heterocycles. The van der Waals surface area contributed by atoms with Gasteiger partial charge in [0.15, 0.2) is 11.5 Å². The molecule has 1 N–H and O–H groups in total. The third-order valence-electron chi connectivity index (χ3n) is 3.49. The Hall–Kier alpha value is -1.86. The minimum absolute atomic E-state index is 0.0208. The van der Waals surface area contributed by atoms with E-state index < -0.39 is 4.92 Å². The number of nitrogens with one attached hydrogen (secondary N) is 1. The van der Waals surface area contributed by atoms with Crippen molar-refractivity contribution in [3.63, 3.8) is 0 Å². The predicted octanol–water partition coefficient (Wildman–Crippen LogP) is 1.88. The third-order valence-corrected chi connectivity index (χ3v) is 3.49. The standard InChI is InChI=1S/C14H20N2O5/c1-19-13-6-10(8-15-9-11-4-3-5-21-11)12(16(17)18)7-14(13)20-2/h6-7,11,15H,3-5,8-9H2,1-2H3/t11-/m0/s1. The van der Waals surface area contributed by atoms with Gasteiger partial charge in [-0.2, -0.15) is 0 Å². The van der Waals surface area contributed by atoms with Crippen LogP contribution in [-0.4, -0.2) is 38.4 Å². The summed E-state index contributed by atoms with van der Waals surface area (Å²) < 4.78 is 15.8. The maximum Gasteiger partial charge on any atom is 0.277 e. The molecule has 0 spiro atoms. The van der Waals surface area contributed by atoms with Gasteiger partial charge in [-0.3, -0.25) is 10.1 Å². The summed E-state index contributed by atoms with van der Waals surface area (Å²) in [6.07, 6.45) is 2.30. The van der Waals surface area contributed by atoms with E-state index in [4.69, 9.17) is 14.2 Å². The zero-order valence-corrected chi connectivity index (χ0v) is 12.3. The average Bonchev–Trinajstić information content (AvgIpc) is 2.99. The number of rotatable bonds is 7. The highest BCUT2D eigenvalue weighted by Gasteiger charge is 2.20. The highest BCUT2D eigenvalue weighted by Crippen LogP contribution is 2.34. The Labute approximate surface area is 123 Å². The van der Waals surface area contributed by atoms with Gasteiger partial charge in [0.05, 0.1) is 31.3 Å². The van der Waals surface area contributed by atoms with Crippen LogP contribution < -0.4 is 14.8 Å². The van der Waals surface area contributed by atoms with E-state index in [0.29, 0.717) is 30.2 Å². The van der Waals surface area contributed by atoms with Crippen LogP contribution in [0.1, 0.15) is 18.4 Å². The molecule has 0 aliphatic carbocycles. The molecule has 1 fully saturated rings. The zero-order chi connectivity index (χ0) is 15.2. The van der Waals surface area contributed by atoms with Crippen molar-refractivity contribution in [3.05, 3.63) is 27.8 Å². The molecule has 0 saturated carbocycles. The Morgan fingerprint density at radius 3 is 2.67 bits per heavy atom. The molecule has 0 amide bonds. The van der Waals surface area contributed by atoms with E-state index in [9.17, 15) is 10.1 Å². The third kappa shape index (κ3) is 3.83. The van der Waals surface area contributed by atoms with Crippen LogP contribution in [-0.2, 0) is 11.3 Å². The van der Waals surface area contributed by atoms with Gasteiger partial charge in [-0.1, -0.05) is 0 Å². The first-order valence-corrected chi connectivity index (χ1v) is 6.87. The second-order valence-electron chi connectivity index (χ2n) is 4.86. The zero-order valence-electron chi connectivity index (χ0n) is 12.3. The molecule has 0 bridgehead atoms. The van der Waals surface area contributed by atoms with Crippen LogP contribution in [0.3, 0.4) is 0 Å². The monoisotopic (exact) mass is 296 g/mol. The lowest BCUT2D eigenvalue weighted by Crippen LogP contribution is -2.26. The molecule has 0 unspecified atom stereocenters. The number of ether oxygens (including phenoxy) is 3. The van der Waals surface area contributed by atoms with E-state index in [2.05, 4.69) is 5.32 Å². The van der Waals surface area contributed by atoms with Crippen molar-refractivity contribution >= 4 is 5.69 Å². The maximum absolute atomic E-state index is 11.2. The number of methoxy groups -OCH3 is 2. The van der Waals surface area contributed by atoms with Crippen molar-refractivity contribution in [2.24, 2.45) is 0 Å². The van der Waals surface area contributed by atoms with Crippen LogP contribution in [0.15, 0.2) is 12.1 Å². The van der Waals surface area contributed by atoms with Crippen molar-refractivity contribution in [1.82, 2.24) is 5.32 Å². The summed E-state index contributed by atoms with van der Waals surface area (Å²) in [5.41, 5.74) is 0.586. The quantitative estimate of drug-likeness (QED) is 0.611. The van der Waals surface area contributed by atoms with Crippen LogP contribution in [0.5, 0.6) is 11.5 Å². The molecule has 1 saturated heterocycles. The molecule has 1 atom stereocenters. The molecular formula is C14H20N2O5. The number of nitrogens with zero attached hydrogens (tertiary/aromatic N) is 1. The minimum Gasteiger partial charge on any atom is -0.493 e. The molecule has 1 heterocycles. The SMILES string of the molecule is COc1cc(CNC[C@@H]2CCCO2)c([N+](=O)[O-])cc1OC. The Morgan fingerprint density at radius 2 is 2.10 bits per heavy atom. The summed E-state index contributed by atoms with van der Waals surface area (Å²) in [7, 11) is 2.96. The van der Waals surface area contributed by atoms with Gasteiger partial charge >= 0.3 is 0 Å². The largest absolute Gasteiger partial charge is 0.493 e. The molecule has 2 rings (SSSR count). The summed E-state index contributed by atoms with van der Waals surface area (Å²) in [4.78, 5) is 10.8. The highest BCUT2D eigenvalue weighted by molar-refractivity contribution is 5.54. The molecule has 7 heteroatoms. The van der Waals surface area contributed by atoms with Crippen LogP contribution in [0.4, 0.5) is 5.69 Å². The van der Waals surface area contributed by atoms with Crippen molar-refractivity contribution in [1.29, 1.82) is 0 Å². The van der Waals surface area contributed by atoms with Gasteiger partial charge in [-0.15, -0.1) is 0 Å². The van der Waals surface area contributed by atoms with Gasteiger partial charge in [0.1, 0.15) is 0 Å². The molecule has 21 heavy (non-hydrogen) atoms. The molecular weight excluding hydrogens is 276 g/mol. The van der Waals surface area contributed by atoms with Crippen molar-refractivity contribution in [2.75, 3.05) is 27.4 Å². The van der Waals surface area contributed by atoms with Crippen LogP contribution in [0.2, 0.25) is 0 Å². The first kappa shape index (κ1) is 15.5. The summed E-state index contributed by atoms with van der Waals surface area (Å²) in [6.45, 7) is 1.87. The number of benzene rings is 1. The van der Waals surface area contributed by atoms with E-state index in [1.54, 1.807) is 6.07 Å². The highest BCUT2D eigenvalue weighted by atomic mass is 16.6. The smallest absolute Gasteiger partial charge is 0.277 e. The van der Waals surface area contributed by atoms with Gasteiger partial charge in [0.2, 0.25) is 0 Å². The second-order valence-corrected chi connectivity index (χ2v) is 4.86. The van der Waals surface area contributed by atoms with Crippen molar-refractivity contribution in [3.8, 4) is 11.5 Å². The normalized spacial score (nSPS) is 17.7. The molecule has 1 aliphatic heterocycles. The van der Waals surface area contributed by atoms with E-state index in [1.807, 2.05) is 0 Å². The summed E-state index contributed by atoms with van der Waals surface area (Å²) in [5.74, 6) is 0.837. The van der Waals surface area contributed by atoms with E-state index in [1.165, 1.54) is 20.3 Å². The number of nitro benzene ring substituents is 1. The fourth-order valence-electron chi connectivity index (χ4n) is 2.40. The molecule has 0 radical (unpaired) electrons. The number of hydrogen-bond donors (Lipinski definition) is 1. The lowest BCUT2D eigenvalue weighted by Gasteiger charge is -2.13. The first-order chi connectivity index (χ1) is 10.2. The molecule has 7 nitrogen and oxygen atoms in total. The molecule has 1 aromatic carbocycles. The Kier molecular flexibility index (Phi) is 5.35. The van der Waals surface area contributed by atoms with E-state index in [-0.39, 0.29) is 11.8 Å². The minimum atomic E-state index is -0.412. The Morgan fingerprint density at radius 1 is 1.38 bits per heavy atom. The number of hydrogen-bond acceptors (Lipinski definition) is 6. The second kappa shape index (κ2) is 7.24. The van der Waals surface area contributed by atoms with Gasteiger partial charge < -0.3 is 19.5 Å². The summed E-state index contributed by atoms with van der Waals surface area (Å²) in [5, 5.41) is 14.4. The van der Waals surface area contributed by atoms with Crippen LogP contribution in [0, 0.1) is 10.1 Å². The van der Waals surface area contributed by atoms with Gasteiger partial charge in [-0.05, 0) is 18.9 Å². The topological polar surface area (TPSA) is 82.9 Å². The van der Waals surface area contributed by atoms with E-state index >= 15 is 0 Å². The lowest BCUT2D eigenvalue weighted by atomic mass is 10.1.